The Morgan fingerprint density at radius 3 is 2.64 bits per heavy atom. The second-order valence-electron chi connectivity index (χ2n) is 4.94. The zero-order valence-electron chi connectivity index (χ0n) is 12.7. The van der Waals surface area contributed by atoms with Gasteiger partial charge in [-0.05, 0) is 23.8 Å². The van der Waals surface area contributed by atoms with E-state index in [1.165, 1.54) is 10.6 Å². The maximum absolute atomic E-state index is 12.7. The topological polar surface area (TPSA) is 64.4 Å². The molecule has 22 heavy (non-hydrogen) atoms. The number of pyridine rings is 2. The van der Waals surface area contributed by atoms with E-state index in [9.17, 15) is 9.59 Å². The Bertz CT molecular complexity index is 683. The van der Waals surface area contributed by atoms with Gasteiger partial charge in [0, 0.05) is 51.9 Å². The average Bonchev–Trinajstić information content (AvgIpc) is 2.54. The van der Waals surface area contributed by atoms with Crippen molar-refractivity contribution in [1.82, 2.24) is 14.5 Å². The number of ether oxygens (including phenoxy) is 1. The van der Waals surface area contributed by atoms with Crippen molar-refractivity contribution in [2.75, 3.05) is 20.3 Å². The predicted octanol–water partition coefficient (Wildman–Crippen LogP) is 1.07. The molecular weight excluding hydrogens is 282 g/mol. The second kappa shape index (κ2) is 7.51. The fourth-order valence-corrected chi connectivity index (χ4v) is 2.07. The summed E-state index contributed by atoms with van der Waals surface area (Å²) in [7, 11) is 3.22. The largest absolute Gasteiger partial charge is 0.383 e. The van der Waals surface area contributed by atoms with Gasteiger partial charge in [-0.15, -0.1) is 0 Å². The molecule has 0 aliphatic heterocycles. The molecule has 0 N–H and O–H groups in total. The highest BCUT2D eigenvalue weighted by Crippen LogP contribution is 2.08. The first-order valence-electron chi connectivity index (χ1n) is 6.95. The summed E-state index contributed by atoms with van der Waals surface area (Å²) >= 11 is 0. The van der Waals surface area contributed by atoms with E-state index in [0.29, 0.717) is 25.3 Å². The van der Waals surface area contributed by atoms with Crippen molar-refractivity contribution in [1.29, 1.82) is 0 Å². The van der Waals surface area contributed by atoms with Crippen LogP contribution in [-0.2, 0) is 18.3 Å². The summed E-state index contributed by atoms with van der Waals surface area (Å²) < 4.78 is 6.47. The zero-order valence-corrected chi connectivity index (χ0v) is 12.7. The number of carbonyl (C=O) groups excluding carboxylic acids is 1. The lowest BCUT2D eigenvalue weighted by molar-refractivity contribution is 0.0679. The summed E-state index contributed by atoms with van der Waals surface area (Å²) in [5, 5.41) is 0. The molecule has 0 saturated heterocycles. The minimum atomic E-state index is -0.144. The van der Waals surface area contributed by atoms with Crippen LogP contribution in [0.3, 0.4) is 0 Å². The van der Waals surface area contributed by atoms with E-state index in [4.69, 9.17) is 4.74 Å². The highest BCUT2D eigenvalue weighted by molar-refractivity contribution is 5.93. The van der Waals surface area contributed by atoms with Crippen LogP contribution in [0.4, 0.5) is 0 Å². The third-order valence-electron chi connectivity index (χ3n) is 3.31. The highest BCUT2D eigenvalue weighted by Gasteiger charge is 2.16. The molecule has 2 aromatic rings. The molecule has 0 aliphatic carbocycles. The predicted molar refractivity (Wildman–Crippen MR) is 82.5 cm³/mol. The maximum atomic E-state index is 12.7. The van der Waals surface area contributed by atoms with Crippen molar-refractivity contribution < 1.29 is 9.53 Å². The Hall–Kier alpha value is -2.47. The number of rotatable bonds is 6. The standard InChI is InChI=1S/C16H19N3O3/c1-18-12-14(3-4-15(18)20)16(21)19(9-10-22-2)11-13-5-7-17-8-6-13/h3-8,12H,9-11H2,1-2H3. The number of amides is 1. The van der Waals surface area contributed by atoms with Gasteiger partial charge in [-0.3, -0.25) is 14.6 Å². The lowest BCUT2D eigenvalue weighted by Crippen LogP contribution is -2.34. The lowest BCUT2D eigenvalue weighted by Gasteiger charge is -2.22. The minimum absolute atomic E-state index is 0.135. The van der Waals surface area contributed by atoms with E-state index in [0.717, 1.165) is 5.56 Å². The number of aromatic nitrogens is 2. The van der Waals surface area contributed by atoms with Crippen molar-refractivity contribution >= 4 is 5.91 Å². The number of hydrogen-bond donors (Lipinski definition) is 0. The zero-order chi connectivity index (χ0) is 15.9. The van der Waals surface area contributed by atoms with Gasteiger partial charge in [-0.2, -0.15) is 0 Å². The third-order valence-corrected chi connectivity index (χ3v) is 3.31. The van der Waals surface area contributed by atoms with E-state index in [1.54, 1.807) is 43.7 Å². The van der Waals surface area contributed by atoms with Crippen LogP contribution in [0, 0.1) is 0 Å². The van der Waals surface area contributed by atoms with Crippen LogP contribution in [0.2, 0.25) is 0 Å². The van der Waals surface area contributed by atoms with Crippen LogP contribution in [0.15, 0.2) is 47.7 Å². The van der Waals surface area contributed by atoms with Crippen LogP contribution >= 0.6 is 0 Å². The highest BCUT2D eigenvalue weighted by atomic mass is 16.5. The molecular formula is C16H19N3O3. The van der Waals surface area contributed by atoms with Gasteiger partial charge in [0.1, 0.15) is 0 Å². The van der Waals surface area contributed by atoms with Crippen molar-refractivity contribution in [3.63, 3.8) is 0 Å². The number of carbonyl (C=O) groups is 1. The molecule has 0 bridgehead atoms. The molecule has 1 amide bonds. The molecule has 2 rings (SSSR count). The van der Waals surface area contributed by atoms with E-state index in [2.05, 4.69) is 4.98 Å². The van der Waals surface area contributed by atoms with E-state index < -0.39 is 0 Å². The summed E-state index contributed by atoms with van der Waals surface area (Å²) in [5.74, 6) is -0.135. The molecule has 6 heteroatoms. The van der Waals surface area contributed by atoms with Gasteiger partial charge < -0.3 is 14.2 Å². The SMILES string of the molecule is COCCN(Cc1ccncc1)C(=O)c1ccc(=O)n(C)c1. The van der Waals surface area contributed by atoms with Crippen LogP contribution in [-0.4, -0.2) is 40.6 Å². The Kier molecular flexibility index (Phi) is 5.43. The number of hydrogen-bond acceptors (Lipinski definition) is 4. The van der Waals surface area contributed by atoms with Gasteiger partial charge in [-0.25, -0.2) is 0 Å². The molecule has 0 unspecified atom stereocenters. The Balaban J connectivity index is 2.21. The fourth-order valence-electron chi connectivity index (χ4n) is 2.07. The molecule has 0 aromatic carbocycles. The summed E-state index contributed by atoms with van der Waals surface area (Å²) in [5.41, 5.74) is 1.32. The van der Waals surface area contributed by atoms with Gasteiger partial charge in [0.05, 0.1) is 12.2 Å². The first-order chi connectivity index (χ1) is 10.6. The summed E-state index contributed by atoms with van der Waals surface area (Å²) in [6.45, 7) is 1.39. The molecule has 2 heterocycles. The Morgan fingerprint density at radius 1 is 1.27 bits per heavy atom. The molecule has 6 nitrogen and oxygen atoms in total. The first-order valence-corrected chi connectivity index (χ1v) is 6.95. The monoisotopic (exact) mass is 301 g/mol. The van der Waals surface area contributed by atoms with Crippen LogP contribution in [0.5, 0.6) is 0 Å². The second-order valence-corrected chi connectivity index (χ2v) is 4.94. The normalized spacial score (nSPS) is 10.5. The van der Waals surface area contributed by atoms with Crippen molar-refractivity contribution in [2.45, 2.75) is 6.54 Å². The minimum Gasteiger partial charge on any atom is -0.383 e. The van der Waals surface area contributed by atoms with Crippen molar-refractivity contribution in [2.24, 2.45) is 7.05 Å². The van der Waals surface area contributed by atoms with Crippen LogP contribution < -0.4 is 5.56 Å². The molecule has 0 atom stereocenters. The van der Waals surface area contributed by atoms with E-state index in [-0.39, 0.29) is 11.5 Å². The van der Waals surface area contributed by atoms with Crippen molar-refractivity contribution in [3.05, 3.63) is 64.3 Å². The number of nitrogens with zero attached hydrogens (tertiary/aromatic N) is 3. The maximum Gasteiger partial charge on any atom is 0.255 e. The fraction of sp³-hybridized carbons (Fsp3) is 0.312. The summed E-state index contributed by atoms with van der Waals surface area (Å²) in [4.78, 5) is 29.8. The molecule has 2 aromatic heterocycles. The number of aryl methyl sites for hydroxylation is 1. The van der Waals surface area contributed by atoms with Gasteiger partial charge in [0.15, 0.2) is 0 Å². The van der Waals surface area contributed by atoms with Crippen LogP contribution in [0.25, 0.3) is 0 Å². The third kappa shape index (κ3) is 4.02. The van der Waals surface area contributed by atoms with Crippen LogP contribution in [0.1, 0.15) is 15.9 Å². The summed E-state index contributed by atoms with van der Waals surface area (Å²) in [6, 6.07) is 6.69. The van der Waals surface area contributed by atoms with Crippen molar-refractivity contribution in [3.8, 4) is 0 Å². The smallest absolute Gasteiger partial charge is 0.255 e. The number of methoxy groups -OCH3 is 1. The quantitative estimate of drug-likeness (QED) is 0.800. The molecule has 0 saturated carbocycles. The van der Waals surface area contributed by atoms with E-state index >= 15 is 0 Å². The Labute approximate surface area is 129 Å². The molecule has 0 fully saturated rings. The van der Waals surface area contributed by atoms with Gasteiger partial charge in [0.25, 0.3) is 5.91 Å². The van der Waals surface area contributed by atoms with Gasteiger partial charge >= 0.3 is 0 Å². The molecule has 0 aliphatic rings. The molecule has 0 spiro atoms. The average molecular weight is 301 g/mol. The first kappa shape index (κ1) is 15.9. The summed E-state index contributed by atoms with van der Waals surface area (Å²) in [6.07, 6.45) is 4.94. The lowest BCUT2D eigenvalue weighted by atomic mass is 10.2. The Morgan fingerprint density at radius 2 is 2.00 bits per heavy atom. The van der Waals surface area contributed by atoms with Gasteiger partial charge in [-0.1, -0.05) is 0 Å². The molecule has 0 radical (unpaired) electrons. The van der Waals surface area contributed by atoms with Gasteiger partial charge in [0.2, 0.25) is 5.56 Å². The van der Waals surface area contributed by atoms with E-state index in [1.807, 2.05) is 12.1 Å². The molecule has 116 valence electrons.